The minimum atomic E-state index is -1.04. The van der Waals surface area contributed by atoms with Crippen LogP contribution in [0.5, 0.6) is 0 Å². The van der Waals surface area contributed by atoms with Gasteiger partial charge < -0.3 is 20.9 Å². The van der Waals surface area contributed by atoms with Crippen LogP contribution in [-0.4, -0.2) is 52.0 Å². The topological polar surface area (TPSA) is 132 Å². The predicted molar refractivity (Wildman–Crippen MR) is 180 cm³/mol. The van der Waals surface area contributed by atoms with Crippen molar-refractivity contribution >= 4 is 35.1 Å². The molecule has 1 fully saturated rings. The Morgan fingerprint density at radius 2 is 1.86 bits per heavy atom. The number of nitrogens with zero attached hydrogens (tertiary/aromatic N) is 1. The van der Waals surface area contributed by atoms with Gasteiger partial charge in [-0.2, -0.15) is 0 Å². The van der Waals surface area contributed by atoms with Crippen molar-refractivity contribution in [1.82, 2.24) is 10.3 Å². The number of nitrogens with one attached hydrogen (secondary N) is 1. The molecule has 1 amide bonds. The number of unbranched alkanes of at least 4 members (excludes halogenated alkanes) is 2. The molecule has 0 aromatic carbocycles. The molecule has 1 aromatic rings. The smallest absolute Gasteiger partial charge is 0.306 e. The van der Waals surface area contributed by atoms with Gasteiger partial charge in [0.2, 0.25) is 5.91 Å². The molecule has 1 aromatic heterocycles. The van der Waals surface area contributed by atoms with Gasteiger partial charge in [0, 0.05) is 17.7 Å². The number of hydrogen-bond donors (Lipinski definition) is 3. The first-order valence-electron chi connectivity index (χ1n) is 16.0. The van der Waals surface area contributed by atoms with Gasteiger partial charge in [-0.1, -0.05) is 33.1 Å². The first-order chi connectivity index (χ1) is 20.6. The van der Waals surface area contributed by atoms with E-state index in [9.17, 15) is 19.5 Å². The van der Waals surface area contributed by atoms with Gasteiger partial charge in [0.1, 0.15) is 11.9 Å². The summed E-state index contributed by atoms with van der Waals surface area (Å²) in [5.41, 5.74) is 5.43. The summed E-state index contributed by atoms with van der Waals surface area (Å²) in [6.07, 6.45) is 15.7. The van der Waals surface area contributed by atoms with Gasteiger partial charge in [0.05, 0.1) is 34.2 Å². The Bertz CT molecular complexity index is 1110. The van der Waals surface area contributed by atoms with E-state index in [-0.39, 0.29) is 36.5 Å². The number of thiazole rings is 1. The summed E-state index contributed by atoms with van der Waals surface area (Å²) in [5.74, 6) is -0.652. The van der Waals surface area contributed by atoms with Gasteiger partial charge in [0.25, 0.3) is 0 Å². The summed E-state index contributed by atoms with van der Waals surface area (Å²) >= 11 is 1.56. The molecule has 2 rings (SSSR count). The lowest BCUT2D eigenvalue weighted by Crippen LogP contribution is -2.47. The van der Waals surface area contributed by atoms with Crippen LogP contribution in [0.1, 0.15) is 123 Å². The highest BCUT2D eigenvalue weighted by atomic mass is 32.1. The molecule has 0 bridgehead atoms. The number of rotatable bonds is 8. The van der Waals surface area contributed by atoms with Gasteiger partial charge in [-0.3, -0.25) is 14.4 Å². The molecule has 5 atom stereocenters. The van der Waals surface area contributed by atoms with E-state index in [1.165, 1.54) is 0 Å². The zero-order valence-electron chi connectivity index (χ0n) is 28.1. The Labute approximate surface area is 270 Å². The first-order valence-corrected chi connectivity index (χ1v) is 16.9. The molecule has 1 saturated heterocycles. The number of terminal acetylenes is 1. The third-order valence-corrected chi connectivity index (χ3v) is 9.45. The van der Waals surface area contributed by atoms with Crippen molar-refractivity contribution < 1.29 is 24.2 Å². The molecule has 0 unspecified atom stereocenters. The molecule has 1 aliphatic rings. The summed E-state index contributed by atoms with van der Waals surface area (Å²) in [6.45, 7) is 14.0. The van der Waals surface area contributed by atoms with Crippen LogP contribution in [0.2, 0.25) is 0 Å². The normalized spacial score (nSPS) is 27.5. The van der Waals surface area contributed by atoms with E-state index in [0.29, 0.717) is 44.6 Å². The number of carbonyl (C=O) groups is 3. The minimum absolute atomic E-state index is 0.00583. The monoisotopic (exact) mass is 631 g/mol. The van der Waals surface area contributed by atoms with Gasteiger partial charge in [-0.15, -0.1) is 24.2 Å². The third kappa shape index (κ3) is 13.6. The molecular formula is C35H57N3O5S. The number of esters is 1. The highest BCUT2D eigenvalue weighted by Crippen LogP contribution is 2.34. The summed E-state index contributed by atoms with van der Waals surface area (Å²) < 4.78 is 5.92. The number of aliphatic hydroxyl groups is 1. The number of hydrogen-bond acceptors (Lipinski definition) is 8. The number of aryl methyl sites for hydroxylation is 1. The standard InChI is InChI=1S/C33H55N3O5S.C2H2/c1-22-12-11-15-33(7,40)16-14-27(23(2)19-26-21-42-25(4)35-26)36-29(37)20-28(32(5,6)31(39)24(3)18-22)41-30(38)13-9-8-10-17-34;1-2/h19,21-22,24,27-28,40H,8-18,20,34H2,1-7H3,(H,36,37);1-2H/b23-19+;/t22-,24+,27-,28-,33+;/m0./s1. The maximum atomic E-state index is 13.8. The Morgan fingerprint density at radius 1 is 1.18 bits per heavy atom. The number of nitrogens with two attached hydrogens (primary N) is 1. The fourth-order valence-corrected chi connectivity index (χ4v) is 6.47. The van der Waals surface area contributed by atoms with E-state index >= 15 is 0 Å². The average Bonchev–Trinajstić information content (AvgIpc) is 3.36. The zero-order chi connectivity index (χ0) is 33.5. The molecule has 0 radical (unpaired) electrons. The fraction of sp³-hybridized carbons (Fsp3) is 0.714. The van der Waals surface area contributed by atoms with Crippen molar-refractivity contribution in [3.05, 3.63) is 21.7 Å². The van der Waals surface area contributed by atoms with E-state index in [1.807, 2.05) is 39.2 Å². The predicted octanol–water partition coefficient (Wildman–Crippen LogP) is 6.38. The van der Waals surface area contributed by atoms with Crippen molar-refractivity contribution in [2.45, 2.75) is 137 Å². The summed E-state index contributed by atoms with van der Waals surface area (Å²) in [4.78, 5) is 44.8. The number of Topliss-reactive ketones (excluding diaryl/α,β-unsaturated/α-hetero) is 1. The van der Waals surface area contributed by atoms with E-state index in [0.717, 1.165) is 42.0 Å². The fourth-order valence-electron chi connectivity index (χ4n) is 5.90. The second-order valence-electron chi connectivity index (χ2n) is 13.3. The van der Waals surface area contributed by atoms with E-state index in [2.05, 4.69) is 30.1 Å². The summed E-state index contributed by atoms with van der Waals surface area (Å²) in [7, 11) is 0. The largest absolute Gasteiger partial charge is 0.461 e. The third-order valence-electron chi connectivity index (χ3n) is 8.65. The summed E-state index contributed by atoms with van der Waals surface area (Å²) in [6, 6.07) is -0.344. The van der Waals surface area contributed by atoms with Crippen molar-refractivity contribution in [1.29, 1.82) is 0 Å². The Hall–Kier alpha value is -2.54. The number of amides is 1. The van der Waals surface area contributed by atoms with Crippen molar-refractivity contribution in [2.24, 2.45) is 23.0 Å². The highest BCUT2D eigenvalue weighted by Gasteiger charge is 2.43. The van der Waals surface area contributed by atoms with Crippen LogP contribution >= 0.6 is 11.3 Å². The SMILES string of the molecule is C#C.C/C(=C\c1csc(C)n1)[C@@H]1CC[C@](C)(O)CCC[C@H](C)C[C@@H](C)C(=O)C(C)(C)[C@@H](OC(=O)CCCCCN)CC(=O)N1. The number of ether oxygens (including phenoxy) is 1. The van der Waals surface area contributed by atoms with E-state index < -0.39 is 23.1 Å². The molecule has 0 spiro atoms. The van der Waals surface area contributed by atoms with Crippen LogP contribution in [-0.2, 0) is 19.1 Å². The van der Waals surface area contributed by atoms with Crippen LogP contribution in [0, 0.1) is 37.0 Å². The van der Waals surface area contributed by atoms with Crippen LogP contribution in [0.25, 0.3) is 6.08 Å². The first kappa shape index (κ1) is 39.5. The molecule has 9 heteroatoms. The van der Waals surface area contributed by atoms with Gasteiger partial charge in [-0.05, 0) is 97.3 Å². The average molecular weight is 632 g/mol. The van der Waals surface area contributed by atoms with Gasteiger partial charge >= 0.3 is 5.97 Å². The van der Waals surface area contributed by atoms with Gasteiger partial charge in [-0.25, -0.2) is 4.98 Å². The molecule has 8 nitrogen and oxygen atoms in total. The Kier molecular flexibility index (Phi) is 17.1. The van der Waals surface area contributed by atoms with Crippen LogP contribution < -0.4 is 11.1 Å². The molecule has 2 heterocycles. The molecule has 248 valence electrons. The van der Waals surface area contributed by atoms with Crippen molar-refractivity contribution in [2.75, 3.05) is 6.54 Å². The molecule has 4 N–H and O–H groups in total. The van der Waals surface area contributed by atoms with Crippen LogP contribution in [0.4, 0.5) is 0 Å². The quantitative estimate of drug-likeness (QED) is 0.172. The lowest BCUT2D eigenvalue weighted by Gasteiger charge is -2.35. The second-order valence-corrected chi connectivity index (χ2v) is 14.4. The minimum Gasteiger partial charge on any atom is -0.461 e. The van der Waals surface area contributed by atoms with Crippen molar-refractivity contribution in [3.8, 4) is 12.8 Å². The lowest BCUT2D eigenvalue weighted by molar-refractivity contribution is -0.161. The van der Waals surface area contributed by atoms with E-state index in [4.69, 9.17) is 10.5 Å². The maximum Gasteiger partial charge on any atom is 0.306 e. The Balaban J connectivity index is 0.00000474. The number of ketones is 1. The molecule has 1 aliphatic heterocycles. The maximum absolute atomic E-state index is 13.8. The van der Waals surface area contributed by atoms with Gasteiger partial charge in [0.15, 0.2) is 0 Å². The number of aromatic nitrogens is 1. The Morgan fingerprint density at radius 3 is 2.48 bits per heavy atom. The molecular weight excluding hydrogens is 574 g/mol. The lowest BCUT2D eigenvalue weighted by atomic mass is 9.73. The summed E-state index contributed by atoms with van der Waals surface area (Å²) in [5, 5.41) is 17.3. The molecule has 0 saturated carbocycles. The highest BCUT2D eigenvalue weighted by molar-refractivity contribution is 7.09. The van der Waals surface area contributed by atoms with E-state index in [1.54, 1.807) is 25.2 Å². The second kappa shape index (κ2) is 19.1. The van der Waals surface area contributed by atoms with Crippen molar-refractivity contribution in [3.63, 3.8) is 0 Å². The molecule has 44 heavy (non-hydrogen) atoms. The molecule has 0 aliphatic carbocycles. The zero-order valence-corrected chi connectivity index (χ0v) is 28.9. The van der Waals surface area contributed by atoms with Crippen LogP contribution in [0.3, 0.4) is 0 Å². The number of carbonyl (C=O) groups excluding carboxylic acids is 3. The van der Waals surface area contributed by atoms with Crippen LogP contribution in [0.15, 0.2) is 11.0 Å².